The van der Waals surface area contributed by atoms with E-state index >= 15 is 0 Å². The monoisotopic (exact) mass is 245 g/mol. The van der Waals surface area contributed by atoms with Gasteiger partial charge in [-0.25, -0.2) is 0 Å². The van der Waals surface area contributed by atoms with Crippen molar-refractivity contribution in [1.29, 1.82) is 0 Å². The highest BCUT2D eigenvalue weighted by molar-refractivity contribution is 6.36. The predicted octanol–water partition coefficient (Wildman–Crippen LogP) is 3.16. The van der Waals surface area contributed by atoms with Crippen LogP contribution in [0.1, 0.15) is 23.7 Å². The molecule has 1 aromatic carbocycles. The average Bonchev–Trinajstić information content (AvgIpc) is 2.23. The van der Waals surface area contributed by atoms with Crippen molar-refractivity contribution < 1.29 is 4.79 Å². The maximum absolute atomic E-state index is 12.0. The first-order chi connectivity index (χ1) is 7.10. The quantitative estimate of drug-likeness (QED) is 0.829. The zero-order valence-electron chi connectivity index (χ0n) is 8.47. The molecule has 82 valence electrons. The number of hydrogen-bond acceptors (Lipinski definition) is 2. The van der Waals surface area contributed by atoms with E-state index in [1.165, 1.54) is 0 Å². The zero-order valence-corrected chi connectivity index (χ0v) is 9.98. The number of hydrogen-bond donors (Lipinski definition) is 1. The molecule has 0 fully saturated rings. The van der Waals surface area contributed by atoms with Crippen molar-refractivity contribution in [2.75, 3.05) is 6.54 Å². The normalized spacial score (nSPS) is 12.5. The molecule has 0 amide bonds. The molecule has 1 unspecified atom stereocenters. The number of nitrogens with two attached hydrogens (primary N) is 1. The Bertz CT molecular complexity index is 362. The van der Waals surface area contributed by atoms with E-state index in [0.717, 1.165) is 0 Å². The number of carbonyl (C=O) groups excluding carboxylic acids is 1. The van der Waals surface area contributed by atoms with Gasteiger partial charge in [0.2, 0.25) is 0 Å². The minimum Gasteiger partial charge on any atom is -0.330 e. The molecule has 0 saturated carbocycles. The number of rotatable bonds is 4. The van der Waals surface area contributed by atoms with E-state index < -0.39 is 0 Å². The van der Waals surface area contributed by atoms with Gasteiger partial charge in [0.25, 0.3) is 0 Å². The van der Waals surface area contributed by atoms with Gasteiger partial charge in [-0.1, -0.05) is 30.1 Å². The highest BCUT2D eigenvalue weighted by atomic mass is 35.5. The summed E-state index contributed by atoms with van der Waals surface area (Å²) in [5.41, 5.74) is 5.97. The third kappa shape index (κ3) is 2.94. The lowest BCUT2D eigenvalue weighted by Gasteiger charge is -2.12. The number of carbonyl (C=O) groups is 1. The predicted molar refractivity (Wildman–Crippen MR) is 63.6 cm³/mol. The molecule has 0 radical (unpaired) electrons. The van der Waals surface area contributed by atoms with Crippen LogP contribution in [0.5, 0.6) is 0 Å². The maximum Gasteiger partial charge on any atom is 0.168 e. The lowest BCUT2D eigenvalue weighted by molar-refractivity contribution is 0.0921. The van der Waals surface area contributed by atoms with Crippen LogP contribution in [0.3, 0.4) is 0 Å². The van der Waals surface area contributed by atoms with E-state index in [2.05, 4.69) is 0 Å². The van der Waals surface area contributed by atoms with E-state index in [-0.39, 0.29) is 11.7 Å². The number of Topliss-reactive ketones (excluding diaryl/α,β-unsaturated/α-hetero) is 1. The summed E-state index contributed by atoms with van der Waals surface area (Å²) in [6, 6.07) is 4.87. The second kappa shape index (κ2) is 5.50. The molecule has 0 spiro atoms. The topological polar surface area (TPSA) is 43.1 Å². The molecule has 0 heterocycles. The van der Waals surface area contributed by atoms with Crippen LogP contribution in [0.25, 0.3) is 0 Å². The van der Waals surface area contributed by atoms with Crippen LogP contribution in [0.4, 0.5) is 0 Å². The van der Waals surface area contributed by atoms with Crippen LogP contribution >= 0.6 is 23.2 Å². The maximum atomic E-state index is 12.0. The number of ketones is 1. The SMILES string of the molecule is CCC(CN)C(=O)c1cc(Cl)ccc1Cl. The Morgan fingerprint density at radius 2 is 2.13 bits per heavy atom. The average molecular weight is 246 g/mol. The third-order valence-electron chi connectivity index (χ3n) is 2.34. The Labute approximate surface area is 99.4 Å². The molecular formula is C11H13Cl2NO. The van der Waals surface area contributed by atoms with Crippen molar-refractivity contribution in [3.05, 3.63) is 33.8 Å². The van der Waals surface area contributed by atoms with Crippen LogP contribution in [-0.4, -0.2) is 12.3 Å². The summed E-state index contributed by atoms with van der Waals surface area (Å²) >= 11 is 11.7. The highest BCUT2D eigenvalue weighted by Crippen LogP contribution is 2.23. The van der Waals surface area contributed by atoms with Gasteiger partial charge in [-0.15, -0.1) is 0 Å². The molecular weight excluding hydrogens is 233 g/mol. The highest BCUT2D eigenvalue weighted by Gasteiger charge is 2.19. The molecule has 0 aliphatic heterocycles. The summed E-state index contributed by atoms with van der Waals surface area (Å²) in [7, 11) is 0. The number of halogens is 2. The van der Waals surface area contributed by atoms with Gasteiger partial charge in [0.1, 0.15) is 0 Å². The van der Waals surface area contributed by atoms with Crippen LogP contribution in [0.15, 0.2) is 18.2 Å². The van der Waals surface area contributed by atoms with Gasteiger partial charge in [0.05, 0.1) is 5.02 Å². The minimum absolute atomic E-state index is 0.0347. The fourth-order valence-electron chi connectivity index (χ4n) is 1.37. The molecule has 2 N–H and O–H groups in total. The van der Waals surface area contributed by atoms with Crippen LogP contribution in [0.2, 0.25) is 10.0 Å². The molecule has 15 heavy (non-hydrogen) atoms. The first-order valence-electron chi connectivity index (χ1n) is 4.79. The Morgan fingerprint density at radius 3 is 2.67 bits per heavy atom. The van der Waals surface area contributed by atoms with Gasteiger partial charge in [0.15, 0.2) is 5.78 Å². The molecule has 0 aliphatic carbocycles. The largest absolute Gasteiger partial charge is 0.330 e. The summed E-state index contributed by atoms with van der Waals surface area (Å²) in [6.45, 7) is 2.26. The Balaban J connectivity index is 3.04. The first kappa shape index (κ1) is 12.5. The van der Waals surface area contributed by atoms with Crippen molar-refractivity contribution in [2.24, 2.45) is 11.7 Å². The molecule has 1 aromatic rings. The lowest BCUT2D eigenvalue weighted by atomic mass is 9.95. The van der Waals surface area contributed by atoms with Crippen LogP contribution in [-0.2, 0) is 0 Å². The molecule has 0 aromatic heterocycles. The number of benzene rings is 1. The molecule has 0 saturated heterocycles. The van der Waals surface area contributed by atoms with Gasteiger partial charge in [-0.3, -0.25) is 4.79 Å². The van der Waals surface area contributed by atoms with Crippen molar-refractivity contribution >= 4 is 29.0 Å². The molecule has 0 bridgehead atoms. The summed E-state index contributed by atoms with van der Waals surface area (Å²) in [6.07, 6.45) is 0.707. The molecule has 0 aliphatic rings. The van der Waals surface area contributed by atoms with Crippen molar-refractivity contribution in [1.82, 2.24) is 0 Å². The van der Waals surface area contributed by atoms with Gasteiger partial charge >= 0.3 is 0 Å². The minimum atomic E-state index is -0.180. The second-order valence-corrected chi connectivity index (χ2v) is 4.17. The summed E-state index contributed by atoms with van der Waals surface area (Å²) in [5, 5.41) is 0.936. The summed E-state index contributed by atoms with van der Waals surface area (Å²) < 4.78 is 0. The second-order valence-electron chi connectivity index (χ2n) is 3.33. The molecule has 1 atom stereocenters. The third-order valence-corrected chi connectivity index (χ3v) is 2.91. The molecule has 1 rings (SSSR count). The fourth-order valence-corrected chi connectivity index (χ4v) is 1.75. The standard InChI is InChI=1S/C11H13Cl2NO/c1-2-7(6-14)11(15)9-5-8(12)3-4-10(9)13/h3-5,7H,2,6,14H2,1H3. The lowest BCUT2D eigenvalue weighted by Crippen LogP contribution is -2.23. The van der Waals surface area contributed by atoms with Crippen LogP contribution < -0.4 is 5.73 Å². The zero-order chi connectivity index (χ0) is 11.4. The Morgan fingerprint density at radius 1 is 1.47 bits per heavy atom. The van der Waals surface area contributed by atoms with Gasteiger partial charge < -0.3 is 5.73 Å². The van der Waals surface area contributed by atoms with E-state index in [1.54, 1.807) is 18.2 Å². The first-order valence-corrected chi connectivity index (χ1v) is 5.55. The Kier molecular flexibility index (Phi) is 4.58. The fraction of sp³-hybridized carbons (Fsp3) is 0.364. The van der Waals surface area contributed by atoms with E-state index in [1.807, 2.05) is 6.92 Å². The van der Waals surface area contributed by atoms with E-state index in [4.69, 9.17) is 28.9 Å². The van der Waals surface area contributed by atoms with Crippen molar-refractivity contribution in [3.63, 3.8) is 0 Å². The Hall–Kier alpha value is -0.570. The van der Waals surface area contributed by atoms with Crippen LogP contribution in [0, 0.1) is 5.92 Å². The molecule has 4 heteroatoms. The smallest absolute Gasteiger partial charge is 0.168 e. The summed E-state index contributed by atoms with van der Waals surface area (Å²) in [4.78, 5) is 12.0. The van der Waals surface area contributed by atoms with Gasteiger partial charge in [-0.2, -0.15) is 0 Å². The van der Waals surface area contributed by atoms with Crippen molar-refractivity contribution in [3.8, 4) is 0 Å². The van der Waals surface area contributed by atoms with E-state index in [0.29, 0.717) is 28.6 Å². The van der Waals surface area contributed by atoms with Gasteiger partial charge in [-0.05, 0) is 24.6 Å². The van der Waals surface area contributed by atoms with Crippen molar-refractivity contribution in [2.45, 2.75) is 13.3 Å². The van der Waals surface area contributed by atoms with Gasteiger partial charge in [0, 0.05) is 23.0 Å². The molecule has 2 nitrogen and oxygen atoms in total. The van der Waals surface area contributed by atoms with E-state index in [9.17, 15) is 4.79 Å². The summed E-state index contributed by atoms with van der Waals surface area (Å²) in [5.74, 6) is -0.214.